The van der Waals surface area contributed by atoms with Gasteiger partial charge in [-0.2, -0.15) is 9.97 Å². The van der Waals surface area contributed by atoms with Gasteiger partial charge in [-0.1, -0.05) is 0 Å². The van der Waals surface area contributed by atoms with Crippen molar-refractivity contribution in [3.63, 3.8) is 0 Å². The number of amides is 1. The van der Waals surface area contributed by atoms with E-state index in [1.54, 1.807) is 6.92 Å². The van der Waals surface area contributed by atoms with Crippen LogP contribution in [0.2, 0.25) is 0 Å². The van der Waals surface area contributed by atoms with Gasteiger partial charge in [0, 0.05) is 0 Å². The fourth-order valence-corrected chi connectivity index (χ4v) is 1.24. The Morgan fingerprint density at radius 2 is 2.07 bits per heavy atom. The maximum Gasteiger partial charge on any atom is 0.247 e. The van der Waals surface area contributed by atoms with Crippen molar-refractivity contribution in [1.29, 1.82) is 0 Å². The number of carbonyl (C=O) groups excluding carboxylic acids is 1. The van der Waals surface area contributed by atoms with Crippen LogP contribution in [0.15, 0.2) is 0 Å². The molecule has 0 bridgehead atoms. The summed E-state index contributed by atoms with van der Waals surface area (Å²) in [7, 11) is 0. The van der Waals surface area contributed by atoms with Crippen molar-refractivity contribution in [1.82, 2.24) is 9.97 Å². The highest BCUT2D eigenvalue weighted by Crippen LogP contribution is 2.29. The zero-order chi connectivity index (χ0) is 10.3. The van der Waals surface area contributed by atoms with E-state index in [1.165, 1.54) is 0 Å². The van der Waals surface area contributed by atoms with E-state index in [2.05, 4.69) is 20.6 Å². The zero-order valence-corrected chi connectivity index (χ0v) is 7.53. The molecule has 1 aliphatic heterocycles. The summed E-state index contributed by atoms with van der Waals surface area (Å²) in [4.78, 5) is 18.9. The Morgan fingerprint density at radius 3 is 2.79 bits per heavy atom. The Labute approximate surface area is 79.9 Å². The van der Waals surface area contributed by atoms with Gasteiger partial charge in [0.25, 0.3) is 0 Å². The summed E-state index contributed by atoms with van der Waals surface area (Å²) < 4.78 is 0. The minimum absolute atomic E-state index is 0.0397. The monoisotopic (exact) mass is 194 g/mol. The van der Waals surface area contributed by atoms with Crippen LogP contribution in [0.4, 0.5) is 23.3 Å². The molecule has 0 radical (unpaired) electrons. The third-order valence-corrected chi connectivity index (χ3v) is 1.95. The molecule has 2 heterocycles. The minimum atomic E-state index is -0.350. The number of fused-ring (bicyclic) bond motifs is 1. The molecular weight excluding hydrogens is 184 g/mol. The molecule has 0 saturated carbocycles. The molecule has 6 N–H and O–H groups in total. The molecule has 0 saturated heterocycles. The second-order valence-electron chi connectivity index (χ2n) is 3.05. The van der Waals surface area contributed by atoms with Gasteiger partial charge in [-0.05, 0) is 6.92 Å². The largest absolute Gasteiger partial charge is 0.382 e. The lowest BCUT2D eigenvalue weighted by Gasteiger charge is -2.23. The summed E-state index contributed by atoms with van der Waals surface area (Å²) in [5, 5.41) is 5.47. The molecule has 1 atom stereocenters. The van der Waals surface area contributed by atoms with E-state index in [1.807, 2.05) is 0 Å². The summed E-state index contributed by atoms with van der Waals surface area (Å²) in [5.74, 6) is 0.436. The summed E-state index contributed by atoms with van der Waals surface area (Å²) in [6, 6.07) is -0.350. The molecule has 0 fully saturated rings. The first-order valence-corrected chi connectivity index (χ1v) is 4.08. The Bertz CT molecular complexity index is 403. The Balaban J connectivity index is 2.51. The maximum atomic E-state index is 11.3. The van der Waals surface area contributed by atoms with Crippen LogP contribution >= 0.6 is 0 Å². The average Bonchev–Trinajstić information content (AvgIpc) is 2.08. The van der Waals surface area contributed by atoms with E-state index < -0.39 is 0 Å². The number of nitrogens with two attached hydrogens (primary N) is 2. The highest BCUT2D eigenvalue weighted by atomic mass is 16.2. The van der Waals surface area contributed by atoms with Gasteiger partial charge in [0.1, 0.15) is 11.7 Å². The summed E-state index contributed by atoms with van der Waals surface area (Å²) >= 11 is 0. The quantitative estimate of drug-likeness (QED) is 0.437. The number of anilines is 4. The van der Waals surface area contributed by atoms with Crippen molar-refractivity contribution in [2.45, 2.75) is 13.0 Å². The van der Waals surface area contributed by atoms with E-state index in [4.69, 9.17) is 11.5 Å². The lowest BCUT2D eigenvalue weighted by molar-refractivity contribution is -0.116. The number of hydrogen-bond donors (Lipinski definition) is 4. The summed E-state index contributed by atoms with van der Waals surface area (Å²) in [6.07, 6.45) is 0. The zero-order valence-electron chi connectivity index (χ0n) is 7.53. The summed E-state index contributed by atoms with van der Waals surface area (Å²) in [5.41, 5.74) is 11.5. The number of hydrogen-bond acceptors (Lipinski definition) is 6. The van der Waals surface area contributed by atoms with Crippen LogP contribution in [0, 0.1) is 0 Å². The molecule has 1 aromatic rings. The number of aromatic nitrogens is 2. The van der Waals surface area contributed by atoms with E-state index in [-0.39, 0.29) is 23.7 Å². The van der Waals surface area contributed by atoms with Crippen molar-refractivity contribution in [3.8, 4) is 0 Å². The molecule has 7 heteroatoms. The molecule has 7 nitrogen and oxygen atoms in total. The predicted octanol–water partition coefficient (Wildman–Crippen LogP) is -0.607. The molecule has 1 aromatic heterocycles. The third-order valence-electron chi connectivity index (χ3n) is 1.95. The number of nitrogens with one attached hydrogen (secondary N) is 2. The fraction of sp³-hybridized carbons (Fsp3) is 0.286. The van der Waals surface area contributed by atoms with Crippen LogP contribution in [0.5, 0.6) is 0 Å². The van der Waals surface area contributed by atoms with Gasteiger partial charge >= 0.3 is 0 Å². The molecular formula is C7H10N6O. The van der Waals surface area contributed by atoms with Crippen LogP contribution < -0.4 is 22.1 Å². The van der Waals surface area contributed by atoms with Crippen molar-refractivity contribution < 1.29 is 4.79 Å². The van der Waals surface area contributed by atoms with Crippen LogP contribution in [-0.2, 0) is 4.79 Å². The van der Waals surface area contributed by atoms with E-state index >= 15 is 0 Å². The number of nitrogens with zero attached hydrogens (tertiary/aromatic N) is 2. The lowest BCUT2D eigenvalue weighted by Crippen LogP contribution is -2.37. The standard InChI is InChI=1S/C7H10N6O/c1-2-6(14)12-5-3(10-2)4(8)11-7(9)13-5/h2,10H,1H3,(H5,8,9,11,12,13,14). The van der Waals surface area contributed by atoms with Gasteiger partial charge in [0.05, 0.1) is 0 Å². The van der Waals surface area contributed by atoms with Crippen molar-refractivity contribution >= 4 is 29.2 Å². The van der Waals surface area contributed by atoms with Crippen molar-refractivity contribution in [2.75, 3.05) is 22.1 Å². The molecule has 14 heavy (non-hydrogen) atoms. The lowest BCUT2D eigenvalue weighted by atomic mass is 10.2. The van der Waals surface area contributed by atoms with Gasteiger partial charge in [-0.25, -0.2) is 0 Å². The van der Waals surface area contributed by atoms with Gasteiger partial charge in [-0.3, -0.25) is 4.79 Å². The molecule has 1 unspecified atom stereocenters. The minimum Gasteiger partial charge on any atom is -0.382 e. The Kier molecular flexibility index (Phi) is 1.66. The van der Waals surface area contributed by atoms with Crippen LogP contribution in [-0.4, -0.2) is 21.9 Å². The van der Waals surface area contributed by atoms with Gasteiger partial charge in [-0.15, -0.1) is 0 Å². The predicted molar refractivity (Wildman–Crippen MR) is 52.6 cm³/mol. The topological polar surface area (TPSA) is 119 Å². The molecule has 1 aliphatic rings. The third kappa shape index (κ3) is 1.18. The van der Waals surface area contributed by atoms with Gasteiger partial charge < -0.3 is 22.1 Å². The fourth-order valence-electron chi connectivity index (χ4n) is 1.24. The average molecular weight is 194 g/mol. The van der Waals surface area contributed by atoms with Gasteiger partial charge in [0.2, 0.25) is 11.9 Å². The summed E-state index contributed by atoms with van der Waals surface area (Å²) in [6.45, 7) is 1.72. The maximum absolute atomic E-state index is 11.3. The van der Waals surface area contributed by atoms with Crippen molar-refractivity contribution in [2.24, 2.45) is 0 Å². The smallest absolute Gasteiger partial charge is 0.247 e. The second kappa shape index (κ2) is 2.72. The molecule has 2 rings (SSSR count). The number of nitrogen functional groups attached to an aromatic ring is 2. The first-order valence-electron chi connectivity index (χ1n) is 4.08. The van der Waals surface area contributed by atoms with E-state index in [0.717, 1.165) is 0 Å². The second-order valence-corrected chi connectivity index (χ2v) is 3.05. The number of rotatable bonds is 0. The Morgan fingerprint density at radius 1 is 1.36 bits per heavy atom. The number of carbonyl (C=O) groups is 1. The molecule has 0 aromatic carbocycles. The van der Waals surface area contributed by atoms with Crippen molar-refractivity contribution in [3.05, 3.63) is 0 Å². The molecule has 0 aliphatic carbocycles. The van der Waals surface area contributed by atoms with E-state index in [0.29, 0.717) is 11.5 Å². The highest BCUT2D eigenvalue weighted by molar-refractivity contribution is 6.03. The van der Waals surface area contributed by atoms with Crippen LogP contribution in [0.3, 0.4) is 0 Å². The van der Waals surface area contributed by atoms with E-state index in [9.17, 15) is 4.79 Å². The van der Waals surface area contributed by atoms with Crippen LogP contribution in [0.1, 0.15) is 6.92 Å². The normalized spacial score (nSPS) is 19.5. The first kappa shape index (κ1) is 8.54. The highest BCUT2D eigenvalue weighted by Gasteiger charge is 2.24. The first-order chi connectivity index (χ1) is 6.58. The molecule has 74 valence electrons. The van der Waals surface area contributed by atoms with Gasteiger partial charge in [0.15, 0.2) is 11.6 Å². The van der Waals surface area contributed by atoms with Crippen LogP contribution in [0.25, 0.3) is 0 Å². The molecule has 0 spiro atoms. The molecule has 1 amide bonds. The Hall–Kier alpha value is -2.05. The SMILES string of the molecule is CC1Nc2c(N)nc(N)nc2NC1=O.